The van der Waals surface area contributed by atoms with Gasteiger partial charge in [-0.05, 0) is 25.8 Å². The number of hydrogen-bond acceptors (Lipinski definition) is 2. The summed E-state index contributed by atoms with van der Waals surface area (Å²) >= 11 is 0. The number of benzene rings is 1. The average molecular weight is 255 g/mol. The summed E-state index contributed by atoms with van der Waals surface area (Å²) in [7, 11) is 1.95. The monoisotopic (exact) mass is 255 g/mol. The van der Waals surface area contributed by atoms with Crippen molar-refractivity contribution in [3.8, 4) is 11.4 Å². The Morgan fingerprint density at radius 2 is 2.16 bits per heavy atom. The fraction of sp³-hybridized carbons (Fsp3) is 0.375. The molecule has 0 aliphatic heterocycles. The molecular formula is C16H21N3. The molecule has 0 atom stereocenters. The number of rotatable bonds is 5. The van der Waals surface area contributed by atoms with Crippen molar-refractivity contribution in [3.05, 3.63) is 47.8 Å². The Hall–Kier alpha value is -1.90. The lowest BCUT2D eigenvalue weighted by Gasteiger charge is -2.00. The van der Waals surface area contributed by atoms with Crippen molar-refractivity contribution >= 4 is 0 Å². The van der Waals surface area contributed by atoms with Gasteiger partial charge in [-0.1, -0.05) is 42.8 Å². The predicted molar refractivity (Wildman–Crippen MR) is 78.9 cm³/mol. The minimum atomic E-state index is 0.867. The van der Waals surface area contributed by atoms with Gasteiger partial charge in [0.1, 0.15) is 0 Å². The lowest BCUT2D eigenvalue weighted by atomic mass is 10.1. The van der Waals surface area contributed by atoms with Crippen LogP contribution in [0.15, 0.2) is 36.4 Å². The van der Waals surface area contributed by atoms with E-state index >= 15 is 0 Å². The van der Waals surface area contributed by atoms with Crippen molar-refractivity contribution in [1.82, 2.24) is 14.8 Å². The van der Waals surface area contributed by atoms with Crippen LogP contribution in [0, 0.1) is 6.92 Å². The van der Waals surface area contributed by atoms with Crippen LogP contribution in [0.1, 0.15) is 31.2 Å². The van der Waals surface area contributed by atoms with Crippen molar-refractivity contribution in [2.45, 2.75) is 33.1 Å². The van der Waals surface area contributed by atoms with Crippen LogP contribution in [0.25, 0.3) is 11.4 Å². The maximum atomic E-state index is 4.64. The van der Waals surface area contributed by atoms with Crippen molar-refractivity contribution in [2.75, 3.05) is 0 Å². The van der Waals surface area contributed by atoms with Crippen LogP contribution in [0.3, 0.4) is 0 Å². The Morgan fingerprint density at radius 1 is 1.37 bits per heavy atom. The summed E-state index contributed by atoms with van der Waals surface area (Å²) in [4.78, 5) is 4.64. The summed E-state index contributed by atoms with van der Waals surface area (Å²) in [6, 6.07) is 8.36. The fourth-order valence-electron chi connectivity index (χ4n) is 2.04. The molecule has 0 amide bonds. The molecule has 2 aromatic rings. The standard InChI is InChI=1S/C16H21N3/c1-5-12(2)9-10-15-17-16(19(4)18-15)14-8-6-7-13(3)11-14/h6-8,11H,2,5,9-10H2,1,3-4H3. The van der Waals surface area contributed by atoms with E-state index in [9.17, 15) is 0 Å². The smallest absolute Gasteiger partial charge is 0.158 e. The first-order chi connectivity index (χ1) is 9.10. The highest BCUT2D eigenvalue weighted by molar-refractivity contribution is 5.56. The second-order valence-electron chi connectivity index (χ2n) is 4.95. The van der Waals surface area contributed by atoms with E-state index in [1.165, 1.54) is 11.1 Å². The molecule has 0 fully saturated rings. The highest BCUT2D eigenvalue weighted by Gasteiger charge is 2.09. The van der Waals surface area contributed by atoms with Gasteiger partial charge in [-0.2, -0.15) is 5.10 Å². The molecule has 1 aromatic heterocycles. The second-order valence-corrected chi connectivity index (χ2v) is 4.95. The molecule has 3 heteroatoms. The molecule has 100 valence electrons. The van der Waals surface area contributed by atoms with E-state index in [-0.39, 0.29) is 0 Å². The molecule has 0 unspecified atom stereocenters. The molecule has 19 heavy (non-hydrogen) atoms. The highest BCUT2D eigenvalue weighted by Crippen LogP contribution is 2.18. The number of allylic oxidation sites excluding steroid dienone is 1. The summed E-state index contributed by atoms with van der Waals surface area (Å²) in [5.41, 5.74) is 3.61. The lowest BCUT2D eigenvalue weighted by molar-refractivity contribution is 0.737. The van der Waals surface area contributed by atoms with Crippen LogP contribution in [0.4, 0.5) is 0 Å². The molecule has 0 saturated heterocycles. The third kappa shape index (κ3) is 3.31. The van der Waals surface area contributed by atoms with Crippen LogP contribution < -0.4 is 0 Å². The predicted octanol–water partition coefficient (Wildman–Crippen LogP) is 3.69. The number of nitrogens with zero attached hydrogens (tertiary/aromatic N) is 3. The Balaban J connectivity index is 2.19. The summed E-state index contributed by atoms with van der Waals surface area (Å²) in [6.45, 7) is 8.25. The van der Waals surface area contributed by atoms with Gasteiger partial charge in [0.25, 0.3) is 0 Å². The Bertz CT molecular complexity index is 581. The van der Waals surface area contributed by atoms with Crippen LogP contribution in [0.5, 0.6) is 0 Å². The molecule has 0 aliphatic rings. The Labute approximate surface area is 115 Å². The normalized spacial score (nSPS) is 10.7. The van der Waals surface area contributed by atoms with E-state index in [0.29, 0.717) is 0 Å². The molecule has 0 radical (unpaired) electrons. The van der Waals surface area contributed by atoms with Crippen molar-refractivity contribution in [2.24, 2.45) is 7.05 Å². The molecule has 0 saturated carbocycles. The van der Waals surface area contributed by atoms with Gasteiger partial charge in [0.2, 0.25) is 0 Å². The van der Waals surface area contributed by atoms with Gasteiger partial charge in [-0.3, -0.25) is 0 Å². The van der Waals surface area contributed by atoms with E-state index < -0.39 is 0 Å². The van der Waals surface area contributed by atoms with Gasteiger partial charge in [0, 0.05) is 19.0 Å². The van der Waals surface area contributed by atoms with E-state index in [0.717, 1.165) is 36.5 Å². The molecule has 0 spiro atoms. The van der Waals surface area contributed by atoms with Gasteiger partial charge in [0.05, 0.1) is 0 Å². The van der Waals surface area contributed by atoms with Crippen molar-refractivity contribution in [3.63, 3.8) is 0 Å². The molecule has 0 bridgehead atoms. The topological polar surface area (TPSA) is 30.7 Å². The first-order valence-corrected chi connectivity index (χ1v) is 6.73. The van der Waals surface area contributed by atoms with Crippen LogP contribution >= 0.6 is 0 Å². The first-order valence-electron chi connectivity index (χ1n) is 6.73. The number of hydrogen-bond donors (Lipinski definition) is 0. The zero-order valence-electron chi connectivity index (χ0n) is 12.0. The molecule has 0 aliphatic carbocycles. The molecule has 3 nitrogen and oxygen atoms in total. The van der Waals surface area contributed by atoms with Gasteiger partial charge in [-0.25, -0.2) is 9.67 Å². The van der Waals surface area contributed by atoms with Gasteiger partial charge < -0.3 is 0 Å². The summed E-state index contributed by atoms with van der Waals surface area (Å²) in [6.07, 6.45) is 2.86. The summed E-state index contributed by atoms with van der Waals surface area (Å²) in [5, 5.41) is 4.49. The molecular weight excluding hydrogens is 234 g/mol. The minimum Gasteiger partial charge on any atom is -0.249 e. The average Bonchev–Trinajstić information content (AvgIpc) is 2.77. The summed E-state index contributed by atoms with van der Waals surface area (Å²) in [5.74, 6) is 1.83. The number of aromatic nitrogens is 3. The van der Waals surface area contributed by atoms with E-state index in [4.69, 9.17) is 0 Å². The van der Waals surface area contributed by atoms with Crippen molar-refractivity contribution in [1.29, 1.82) is 0 Å². The number of aryl methyl sites for hydroxylation is 3. The van der Waals surface area contributed by atoms with E-state index in [2.05, 4.69) is 54.8 Å². The lowest BCUT2D eigenvalue weighted by Crippen LogP contribution is -1.95. The fourth-order valence-corrected chi connectivity index (χ4v) is 2.04. The summed E-state index contributed by atoms with van der Waals surface area (Å²) < 4.78 is 1.86. The maximum Gasteiger partial charge on any atom is 0.158 e. The van der Waals surface area contributed by atoms with Crippen molar-refractivity contribution < 1.29 is 0 Å². The molecule has 1 heterocycles. The third-order valence-corrected chi connectivity index (χ3v) is 3.29. The molecule has 2 rings (SSSR count). The molecule has 1 aromatic carbocycles. The van der Waals surface area contributed by atoms with Crippen LogP contribution in [-0.4, -0.2) is 14.8 Å². The second kappa shape index (κ2) is 5.83. The maximum absolute atomic E-state index is 4.64. The largest absolute Gasteiger partial charge is 0.249 e. The van der Waals surface area contributed by atoms with E-state index in [1.807, 2.05) is 11.7 Å². The molecule has 0 N–H and O–H groups in total. The van der Waals surface area contributed by atoms with Crippen LogP contribution in [-0.2, 0) is 13.5 Å². The van der Waals surface area contributed by atoms with Crippen LogP contribution in [0.2, 0.25) is 0 Å². The Morgan fingerprint density at radius 3 is 2.84 bits per heavy atom. The SMILES string of the molecule is C=C(CC)CCc1nc(-c2cccc(C)c2)n(C)n1. The third-order valence-electron chi connectivity index (χ3n) is 3.29. The zero-order chi connectivity index (χ0) is 13.8. The highest BCUT2D eigenvalue weighted by atomic mass is 15.3. The first kappa shape index (κ1) is 13.5. The van der Waals surface area contributed by atoms with Gasteiger partial charge in [-0.15, -0.1) is 0 Å². The zero-order valence-corrected chi connectivity index (χ0v) is 12.0. The Kier molecular flexibility index (Phi) is 4.15. The van der Waals surface area contributed by atoms with Gasteiger partial charge >= 0.3 is 0 Å². The van der Waals surface area contributed by atoms with E-state index in [1.54, 1.807) is 0 Å². The quantitative estimate of drug-likeness (QED) is 0.763. The van der Waals surface area contributed by atoms with Gasteiger partial charge in [0.15, 0.2) is 11.6 Å². The minimum absolute atomic E-state index is 0.867.